The first-order chi connectivity index (χ1) is 9.97. The number of carbonyl (C=O) groups is 2. The second kappa shape index (κ2) is 6.27. The fraction of sp³-hybridized carbons (Fsp3) is 0.167. The van der Waals surface area contributed by atoms with Crippen LogP contribution in [-0.2, 0) is 9.59 Å². The molecule has 1 amide bonds. The Labute approximate surface area is 123 Å². The predicted molar refractivity (Wildman–Crippen MR) is 76.6 cm³/mol. The molecule has 1 aliphatic heterocycles. The van der Waals surface area contributed by atoms with Crippen molar-refractivity contribution >= 4 is 35.0 Å². The van der Waals surface area contributed by atoms with Crippen molar-refractivity contribution in [2.45, 2.75) is 11.7 Å². The number of nitrogens with one attached hydrogen (secondary N) is 1. The quantitative estimate of drug-likeness (QED) is 0.364. The number of amidine groups is 1. The van der Waals surface area contributed by atoms with Crippen molar-refractivity contribution < 1.29 is 24.9 Å². The van der Waals surface area contributed by atoms with Gasteiger partial charge in [-0.2, -0.15) is 5.10 Å². The van der Waals surface area contributed by atoms with Gasteiger partial charge in [-0.1, -0.05) is 17.8 Å². The molecule has 8 nitrogen and oxygen atoms in total. The number of aliphatic carboxylic acids is 1. The molecule has 4 N–H and O–H groups in total. The van der Waals surface area contributed by atoms with Gasteiger partial charge in [0, 0.05) is 5.56 Å². The maximum Gasteiger partial charge on any atom is 0.305 e. The first kappa shape index (κ1) is 14.9. The van der Waals surface area contributed by atoms with E-state index in [4.69, 9.17) is 5.11 Å². The summed E-state index contributed by atoms with van der Waals surface area (Å²) in [5.41, 5.74) is 0.260. The molecule has 1 heterocycles. The number of carboxylic acids is 1. The topological polar surface area (TPSA) is 132 Å². The third-order valence-electron chi connectivity index (χ3n) is 2.53. The van der Waals surface area contributed by atoms with Gasteiger partial charge in [-0.15, -0.1) is 5.10 Å². The number of phenols is 2. The van der Waals surface area contributed by atoms with Crippen molar-refractivity contribution in [2.24, 2.45) is 10.2 Å². The molecule has 1 fully saturated rings. The Bertz CT molecular complexity index is 644. The third kappa shape index (κ3) is 3.72. The second-order valence-corrected chi connectivity index (χ2v) is 5.25. The molecular weight excluding hydrogens is 298 g/mol. The van der Waals surface area contributed by atoms with E-state index in [1.807, 2.05) is 0 Å². The van der Waals surface area contributed by atoms with Gasteiger partial charge < -0.3 is 20.6 Å². The molecule has 1 atom stereocenters. The SMILES string of the molecule is O=C(O)CC1SC(=NN=Cc2cccc(O)c2O)NC1=O. The van der Waals surface area contributed by atoms with Crippen molar-refractivity contribution in [2.75, 3.05) is 0 Å². The van der Waals surface area contributed by atoms with Crippen LogP contribution < -0.4 is 5.32 Å². The number of nitrogens with zero attached hydrogens (tertiary/aromatic N) is 2. The van der Waals surface area contributed by atoms with E-state index in [2.05, 4.69) is 15.5 Å². The Balaban J connectivity index is 2.05. The lowest BCUT2D eigenvalue weighted by molar-refractivity contribution is -0.138. The molecule has 110 valence electrons. The molecule has 1 saturated heterocycles. The van der Waals surface area contributed by atoms with Gasteiger partial charge in [-0.25, -0.2) is 0 Å². The zero-order valence-corrected chi connectivity index (χ0v) is 11.4. The lowest BCUT2D eigenvalue weighted by atomic mass is 10.2. The molecule has 1 aromatic carbocycles. The van der Waals surface area contributed by atoms with Crippen LogP contribution >= 0.6 is 11.8 Å². The van der Waals surface area contributed by atoms with E-state index < -0.39 is 17.1 Å². The summed E-state index contributed by atoms with van der Waals surface area (Å²) in [5.74, 6) is -2.11. The number of para-hydroxylation sites is 1. The molecule has 0 aromatic heterocycles. The van der Waals surface area contributed by atoms with E-state index in [-0.39, 0.29) is 28.7 Å². The Morgan fingerprint density at radius 2 is 2.19 bits per heavy atom. The van der Waals surface area contributed by atoms with Crippen LogP contribution in [0.4, 0.5) is 0 Å². The Morgan fingerprint density at radius 3 is 2.90 bits per heavy atom. The van der Waals surface area contributed by atoms with E-state index in [1.54, 1.807) is 0 Å². The number of phenolic OH excluding ortho intramolecular Hbond substituents is 2. The predicted octanol–water partition coefficient (Wildman–Crippen LogP) is 0.494. The Hall–Kier alpha value is -2.55. The number of carbonyl (C=O) groups excluding carboxylic acids is 1. The van der Waals surface area contributed by atoms with Gasteiger partial charge in [-0.05, 0) is 12.1 Å². The minimum Gasteiger partial charge on any atom is -0.504 e. The first-order valence-corrected chi connectivity index (χ1v) is 6.66. The number of benzene rings is 1. The molecule has 21 heavy (non-hydrogen) atoms. The van der Waals surface area contributed by atoms with Crippen LogP contribution in [0.25, 0.3) is 0 Å². The molecule has 0 saturated carbocycles. The van der Waals surface area contributed by atoms with Crippen LogP contribution in [0, 0.1) is 0 Å². The Kier molecular flexibility index (Phi) is 4.43. The Morgan fingerprint density at radius 1 is 1.43 bits per heavy atom. The van der Waals surface area contributed by atoms with Crippen molar-refractivity contribution in [1.29, 1.82) is 0 Å². The number of thioether (sulfide) groups is 1. The average molecular weight is 309 g/mol. The van der Waals surface area contributed by atoms with E-state index in [0.717, 1.165) is 11.8 Å². The molecule has 0 bridgehead atoms. The molecule has 0 aliphatic carbocycles. The number of hydrogen-bond acceptors (Lipinski definition) is 7. The van der Waals surface area contributed by atoms with Gasteiger partial charge in [-0.3, -0.25) is 9.59 Å². The molecule has 2 rings (SSSR count). The molecular formula is C12H11N3O5S. The fourth-order valence-corrected chi connectivity index (χ4v) is 2.46. The number of rotatable bonds is 4. The van der Waals surface area contributed by atoms with Gasteiger partial charge in [0.15, 0.2) is 16.7 Å². The molecule has 0 spiro atoms. The van der Waals surface area contributed by atoms with Crippen molar-refractivity contribution in [3.05, 3.63) is 23.8 Å². The van der Waals surface area contributed by atoms with Gasteiger partial charge >= 0.3 is 5.97 Å². The fourth-order valence-electron chi connectivity index (χ4n) is 1.54. The van der Waals surface area contributed by atoms with Crippen LogP contribution in [0.5, 0.6) is 11.5 Å². The second-order valence-electron chi connectivity index (χ2n) is 4.06. The highest BCUT2D eigenvalue weighted by molar-refractivity contribution is 8.15. The summed E-state index contributed by atoms with van der Waals surface area (Å²) in [6.07, 6.45) is 0.909. The molecule has 0 radical (unpaired) electrons. The summed E-state index contributed by atoms with van der Waals surface area (Å²) in [7, 11) is 0. The molecule has 1 unspecified atom stereocenters. The van der Waals surface area contributed by atoms with Crippen molar-refractivity contribution in [3.8, 4) is 11.5 Å². The van der Waals surface area contributed by atoms with E-state index in [1.165, 1.54) is 24.4 Å². The summed E-state index contributed by atoms with van der Waals surface area (Å²) < 4.78 is 0. The third-order valence-corrected chi connectivity index (χ3v) is 3.60. The largest absolute Gasteiger partial charge is 0.504 e. The van der Waals surface area contributed by atoms with Crippen LogP contribution in [-0.4, -0.2) is 43.8 Å². The molecule has 1 aliphatic rings. The average Bonchev–Trinajstić information content (AvgIpc) is 2.74. The lowest BCUT2D eigenvalue weighted by Gasteiger charge is -1.99. The maximum atomic E-state index is 11.5. The normalized spacial score (nSPS) is 20.1. The molecule has 9 heteroatoms. The van der Waals surface area contributed by atoms with Crippen molar-refractivity contribution in [1.82, 2.24) is 5.32 Å². The zero-order valence-electron chi connectivity index (χ0n) is 10.6. The van der Waals surface area contributed by atoms with Crippen LogP contribution in [0.15, 0.2) is 28.4 Å². The minimum absolute atomic E-state index is 0.183. The van der Waals surface area contributed by atoms with Gasteiger partial charge in [0.05, 0.1) is 12.6 Å². The summed E-state index contributed by atoms with van der Waals surface area (Å²) in [5, 5.41) is 36.8. The maximum absolute atomic E-state index is 11.5. The highest BCUT2D eigenvalue weighted by atomic mass is 32.2. The number of carboxylic acid groups (broad SMARTS) is 1. The van der Waals surface area contributed by atoms with Crippen LogP contribution in [0.1, 0.15) is 12.0 Å². The summed E-state index contributed by atoms with van der Waals surface area (Å²) >= 11 is 0.972. The van der Waals surface area contributed by atoms with E-state index in [0.29, 0.717) is 0 Å². The smallest absolute Gasteiger partial charge is 0.305 e. The number of hydrogen-bond donors (Lipinski definition) is 4. The van der Waals surface area contributed by atoms with Gasteiger partial charge in [0.1, 0.15) is 5.25 Å². The van der Waals surface area contributed by atoms with E-state index in [9.17, 15) is 19.8 Å². The van der Waals surface area contributed by atoms with Crippen molar-refractivity contribution in [3.63, 3.8) is 0 Å². The lowest BCUT2D eigenvalue weighted by Crippen LogP contribution is -2.26. The summed E-state index contributed by atoms with van der Waals surface area (Å²) in [6, 6.07) is 4.37. The molecule has 1 aromatic rings. The van der Waals surface area contributed by atoms with Crippen LogP contribution in [0.3, 0.4) is 0 Å². The highest BCUT2D eigenvalue weighted by Gasteiger charge is 2.32. The summed E-state index contributed by atoms with van der Waals surface area (Å²) in [6.45, 7) is 0. The number of amides is 1. The van der Waals surface area contributed by atoms with Gasteiger partial charge in [0.2, 0.25) is 5.91 Å². The van der Waals surface area contributed by atoms with Crippen LogP contribution in [0.2, 0.25) is 0 Å². The first-order valence-electron chi connectivity index (χ1n) is 5.78. The summed E-state index contributed by atoms with van der Waals surface area (Å²) in [4.78, 5) is 22.0. The standard InChI is InChI=1S/C12H11N3O5S/c16-7-3-1-2-6(10(7)19)5-13-15-12-14-11(20)8(21-12)4-9(17)18/h1-3,5,8,16,19H,4H2,(H,17,18)(H,14,15,20). The van der Waals surface area contributed by atoms with Gasteiger partial charge in [0.25, 0.3) is 0 Å². The zero-order chi connectivity index (χ0) is 15.4. The van der Waals surface area contributed by atoms with E-state index >= 15 is 0 Å². The minimum atomic E-state index is -1.07. The monoisotopic (exact) mass is 309 g/mol. The number of aromatic hydroxyl groups is 2. The highest BCUT2D eigenvalue weighted by Crippen LogP contribution is 2.27.